The predicted octanol–water partition coefficient (Wildman–Crippen LogP) is 3.58. The van der Waals surface area contributed by atoms with E-state index < -0.39 is 0 Å². The van der Waals surface area contributed by atoms with Crippen LogP contribution in [-0.2, 0) is 4.74 Å². The van der Waals surface area contributed by atoms with E-state index in [1.807, 2.05) is 0 Å². The molecule has 1 saturated carbocycles. The average Bonchev–Trinajstić information content (AvgIpc) is 2.98. The molecule has 1 aliphatic carbocycles. The van der Waals surface area contributed by atoms with E-state index in [0.29, 0.717) is 5.41 Å². The van der Waals surface area contributed by atoms with Crippen molar-refractivity contribution in [2.24, 2.45) is 5.41 Å². The lowest BCUT2D eigenvalue weighted by Gasteiger charge is -2.47. The minimum Gasteiger partial charge on any atom is -0.376 e. The van der Waals surface area contributed by atoms with Crippen molar-refractivity contribution < 1.29 is 4.74 Å². The van der Waals surface area contributed by atoms with Gasteiger partial charge in [0.15, 0.2) is 0 Å². The molecule has 128 valence electrons. The van der Waals surface area contributed by atoms with Gasteiger partial charge in [-0.15, -0.1) is 0 Å². The van der Waals surface area contributed by atoms with Gasteiger partial charge in [0.05, 0.1) is 5.60 Å². The number of ether oxygens (including phenoxy) is 1. The Kier molecular flexibility index (Phi) is 5.47. The summed E-state index contributed by atoms with van der Waals surface area (Å²) in [6.45, 7) is 10.6. The Balaban J connectivity index is 1.62. The molecule has 0 bridgehead atoms. The quantitative estimate of drug-likeness (QED) is 0.840. The maximum Gasteiger partial charge on any atom is 0.0632 e. The van der Waals surface area contributed by atoms with Crippen molar-refractivity contribution in [1.29, 1.82) is 0 Å². The van der Waals surface area contributed by atoms with Gasteiger partial charge >= 0.3 is 0 Å². The van der Waals surface area contributed by atoms with Gasteiger partial charge < -0.3 is 15.0 Å². The fourth-order valence-corrected chi connectivity index (χ4v) is 5.01. The highest BCUT2D eigenvalue weighted by atomic mass is 16.5. The van der Waals surface area contributed by atoms with E-state index in [1.54, 1.807) is 0 Å². The maximum absolute atomic E-state index is 6.03. The number of hydrogen-bond acceptors (Lipinski definition) is 3. The molecule has 22 heavy (non-hydrogen) atoms. The summed E-state index contributed by atoms with van der Waals surface area (Å²) in [5.41, 5.74) is 0.468. The van der Waals surface area contributed by atoms with Gasteiger partial charge in [0.25, 0.3) is 0 Å². The molecule has 0 aromatic heterocycles. The molecule has 2 saturated heterocycles. The van der Waals surface area contributed by atoms with Gasteiger partial charge in [-0.3, -0.25) is 0 Å². The molecule has 1 N–H and O–H groups in total. The van der Waals surface area contributed by atoms with Crippen LogP contribution in [0, 0.1) is 5.41 Å². The van der Waals surface area contributed by atoms with Crippen LogP contribution in [0.4, 0.5) is 0 Å². The van der Waals surface area contributed by atoms with E-state index in [-0.39, 0.29) is 5.60 Å². The summed E-state index contributed by atoms with van der Waals surface area (Å²) in [6, 6.07) is 0.773. The van der Waals surface area contributed by atoms with E-state index in [1.165, 1.54) is 84.0 Å². The van der Waals surface area contributed by atoms with Gasteiger partial charge in [0, 0.05) is 31.2 Å². The third-order valence-corrected chi connectivity index (χ3v) is 6.05. The summed E-state index contributed by atoms with van der Waals surface area (Å²) < 4.78 is 6.03. The van der Waals surface area contributed by atoms with Crippen LogP contribution in [0.25, 0.3) is 0 Å². The topological polar surface area (TPSA) is 24.5 Å². The van der Waals surface area contributed by atoms with Crippen molar-refractivity contribution in [2.45, 2.75) is 83.3 Å². The number of likely N-dealkylation sites (tertiary alicyclic amines) is 1. The molecule has 1 atom stereocenters. The number of rotatable bonds is 5. The second-order valence-corrected chi connectivity index (χ2v) is 8.73. The van der Waals surface area contributed by atoms with Gasteiger partial charge in [0.2, 0.25) is 0 Å². The van der Waals surface area contributed by atoms with Crippen LogP contribution in [0.1, 0.15) is 71.6 Å². The summed E-state index contributed by atoms with van der Waals surface area (Å²) in [5, 5.41) is 3.96. The fraction of sp³-hybridized carbons (Fsp3) is 1.00. The maximum atomic E-state index is 6.03. The zero-order valence-corrected chi connectivity index (χ0v) is 14.8. The Labute approximate surface area is 137 Å². The first-order chi connectivity index (χ1) is 10.6. The van der Waals surface area contributed by atoms with Gasteiger partial charge in [-0.05, 0) is 65.5 Å². The molecular formula is C19H36N2O. The van der Waals surface area contributed by atoms with E-state index in [0.717, 1.165) is 12.6 Å². The minimum absolute atomic E-state index is 0.0478. The monoisotopic (exact) mass is 308 g/mol. The largest absolute Gasteiger partial charge is 0.376 e. The molecule has 3 fully saturated rings. The lowest BCUT2D eigenvalue weighted by Crippen LogP contribution is -2.53. The van der Waals surface area contributed by atoms with Crippen LogP contribution in [0.15, 0.2) is 0 Å². The van der Waals surface area contributed by atoms with Gasteiger partial charge in [-0.25, -0.2) is 0 Å². The van der Waals surface area contributed by atoms with E-state index in [2.05, 4.69) is 24.1 Å². The standard InChI is InChI=1S/C19H36N2O/c1-18(2)14-19(10-13-22-18,16-21-11-6-7-12-21)15-20-17-8-4-3-5-9-17/h17,20H,3-16H2,1-2H3/t19-/m1/s1. The molecule has 3 rings (SSSR count). The second kappa shape index (κ2) is 7.19. The van der Waals surface area contributed by atoms with E-state index >= 15 is 0 Å². The first-order valence-corrected chi connectivity index (χ1v) is 9.67. The average molecular weight is 309 g/mol. The third-order valence-electron chi connectivity index (χ3n) is 6.05. The van der Waals surface area contributed by atoms with Crippen LogP contribution >= 0.6 is 0 Å². The summed E-state index contributed by atoms with van der Waals surface area (Å²) in [6.07, 6.45) is 12.3. The molecule has 2 aliphatic heterocycles. The summed E-state index contributed by atoms with van der Waals surface area (Å²) >= 11 is 0. The number of nitrogens with zero attached hydrogens (tertiary/aromatic N) is 1. The molecule has 0 aromatic carbocycles. The molecule has 2 heterocycles. The van der Waals surface area contributed by atoms with Crippen LogP contribution < -0.4 is 5.32 Å². The molecule has 3 heteroatoms. The molecule has 0 amide bonds. The first-order valence-electron chi connectivity index (χ1n) is 9.67. The molecule has 0 radical (unpaired) electrons. The Morgan fingerprint density at radius 3 is 2.45 bits per heavy atom. The fourth-order valence-electron chi connectivity index (χ4n) is 5.01. The number of hydrogen-bond donors (Lipinski definition) is 1. The molecule has 0 aromatic rings. The predicted molar refractivity (Wildman–Crippen MR) is 92.2 cm³/mol. The smallest absolute Gasteiger partial charge is 0.0632 e. The highest BCUT2D eigenvalue weighted by Gasteiger charge is 2.42. The summed E-state index contributed by atoms with van der Waals surface area (Å²) in [4.78, 5) is 2.71. The first kappa shape index (κ1) is 16.7. The third kappa shape index (κ3) is 4.46. The van der Waals surface area contributed by atoms with Crippen molar-refractivity contribution in [1.82, 2.24) is 10.2 Å². The van der Waals surface area contributed by atoms with E-state index in [9.17, 15) is 0 Å². The molecule has 0 unspecified atom stereocenters. The summed E-state index contributed by atoms with van der Waals surface area (Å²) in [5.74, 6) is 0. The second-order valence-electron chi connectivity index (χ2n) is 8.73. The van der Waals surface area contributed by atoms with Crippen molar-refractivity contribution in [2.75, 3.05) is 32.8 Å². The lowest BCUT2D eigenvalue weighted by atomic mass is 9.73. The van der Waals surface area contributed by atoms with Gasteiger partial charge in [-0.1, -0.05) is 19.3 Å². The Hall–Kier alpha value is -0.120. The Morgan fingerprint density at radius 2 is 1.77 bits per heavy atom. The van der Waals surface area contributed by atoms with Crippen molar-refractivity contribution in [3.05, 3.63) is 0 Å². The van der Waals surface area contributed by atoms with Crippen LogP contribution in [0.2, 0.25) is 0 Å². The molecule has 3 nitrogen and oxygen atoms in total. The Bertz CT molecular complexity index is 345. The normalized spacial score (nSPS) is 34.1. The minimum atomic E-state index is 0.0478. The zero-order valence-electron chi connectivity index (χ0n) is 14.8. The van der Waals surface area contributed by atoms with Gasteiger partial charge in [-0.2, -0.15) is 0 Å². The molecular weight excluding hydrogens is 272 g/mol. The summed E-state index contributed by atoms with van der Waals surface area (Å²) in [7, 11) is 0. The van der Waals surface area contributed by atoms with Crippen LogP contribution in [0.5, 0.6) is 0 Å². The lowest BCUT2D eigenvalue weighted by molar-refractivity contribution is -0.111. The molecule has 0 spiro atoms. The Morgan fingerprint density at radius 1 is 1.05 bits per heavy atom. The highest BCUT2D eigenvalue weighted by Crippen LogP contribution is 2.40. The highest BCUT2D eigenvalue weighted by molar-refractivity contribution is 4.95. The van der Waals surface area contributed by atoms with Crippen molar-refractivity contribution in [3.63, 3.8) is 0 Å². The zero-order chi connectivity index (χ0) is 15.5. The van der Waals surface area contributed by atoms with Crippen molar-refractivity contribution >= 4 is 0 Å². The van der Waals surface area contributed by atoms with Crippen LogP contribution in [0.3, 0.4) is 0 Å². The van der Waals surface area contributed by atoms with E-state index in [4.69, 9.17) is 4.74 Å². The van der Waals surface area contributed by atoms with Gasteiger partial charge in [0.1, 0.15) is 0 Å². The SMILES string of the molecule is CC1(C)C[C@](CNC2CCCCC2)(CN2CCCC2)CCO1. The number of nitrogens with one attached hydrogen (secondary N) is 1. The molecule has 3 aliphatic rings. The van der Waals surface area contributed by atoms with Crippen molar-refractivity contribution in [3.8, 4) is 0 Å². The van der Waals surface area contributed by atoms with Crippen LogP contribution in [-0.4, -0.2) is 49.3 Å².